The highest BCUT2D eigenvalue weighted by Crippen LogP contribution is 2.15. The van der Waals surface area contributed by atoms with Gasteiger partial charge in [0, 0.05) is 26.9 Å². The summed E-state index contributed by atoms with van der Waals surface area (Å²) < 4.78 is 7.74. The first kappa shape index (κ1) is 26.6. The van der Waals surface area contributed by atoms with Gasteiger partial charge >= 0.3 is 6.03 Å². The van der Waals surface area contributed by atoms with Crippen molar-refractivity contribution in [2.45, 2.75) is 57.7 Å². The Morgan fingerprint density at radius 2 is 2.10 bits per heavy atom. The van der Waals surface area contributed by atoms with Gasteiger partial charge in [-0.05, 0) is 44.5 Å². The highest BCUT2D eigenvalue weighted by molar-refractivity contribution is 6.76. The average Bonchev–Trinajstić information content (AvgIpc) is 2.84. The van der Waals surface area contributed by atoms with Crippen LogP contribution in [0.5, 0.6) is 0 Å². The third-order valence-corrected chi connectivity index (χ3v) is 6.55. The Labute approximate surface area is 191 Å². The molecular weight excluding hydrogens is 443 g/mol. The highest BCUT2D eigenvalue weighted by Gasteiger charge is 2.15. The van der Waals surface area contributed by atoms with Gasteiger partial charge in [0.25, 0.3) is 0 Å². The lowest BCUT2D eigenvalue weighted by Gasteiger charge is -2.16. The van der Waals surface area contributed by atoms with Crippen LogP contribution in [0.25, 0.3) is 11.2 Å². The number of aromatic nitrogens is 3. The van der Waals surface area contributed by atoms with Gasteiger partial charge in [-0.25, -0.2) is 14.8 Å². The fourth-order valence-electron chi connectivity index (χ4n) is 3.17. The normalized spacial score (nSPS) is 16.8. The van der Waals surface area contributed by atoms with Crippen molar-refractivity contribution in [3.05, 3.63) is 18.5 Å². The van der Waals surface area contributed by atoms with E-state index in [0.717, 1.165) is 56.2 Å². The van der Waals surface area contributed by atoms with Crippen LogP contribution in [0.4, 0.5) is 10.6 Å². The van der Waals surface area contributed by atoms with Gasteiger partial charge < -0.3 is 19.9 Å². The molecule has 1 fully saturated rings. The minimum atomic E-state index is -1.09. The molecule has 1 aliphatic rings. The molecule has 11 heteroatoms. The van der Waals surface area contributed by atoms with Crippen LogP contribution in [0.3, 0.4) is 0 Å². The monoisotopic (exact) mass is 476 g/mol. The summed E-state index contributed by atoms with van der Waals surface area (Å²) in [6, 6.07) is 3.00. The number of amides is 2. The number of hydrogen-bond donors (Lipinski definition) is 3. The van der Waals surface area contributed by atoms with Gasteiger partial charge in [0.05, 0.1) is 6.20 Å². The zero-order valence-electron chi connectivity index (χ0n) is 17.9. The smallest absolute Gasteiger partial charge is 0.320 e. The van der Waals surface area contributed by atoms with Gasteiger partial charge in [-0.2, -0.15) is 0 Å². The summed E-state index contributed by atoms with van der Waals surface area (Å²) in [7, 11) is -1.09. The topological polar surface area (TPSA) is 93.1 Å². The van der Waals surface area contributed by atoms with E-state index in [1.807, 2.05) is 16.8 Å². The number of ether oxygens (including phenoxy) is 1. The van der Waals surface area contributed by atoms with E-state index in [-0.39, 0.29) is 36.9 Å². The minimum absolute atomic E-state index is 0. The molecule has 0 radical (unpaired) electrons. The number of anilines is 1. The van der Waals surface area contributed by atoms with Gasteiger partial charge in [-0.15, -0.1) is 24.8 Å². The largest absolute Gasteiger partial charge is 0.361 e. The van der Waals surface area contributed by atoms with Crippen molar-refractivity contribution in [2.75, 3.05) is 25.0 Å². The molecule has 1 aliphatic heterocycles. The molecule has 1 saturated heterocycles. The lowest BCUT2D eigenvalue weighted by Crippen LogP contribution is -2.38. The molecule has 2 aromatic heterocycles. The molecule has 2 amide bonds. The van der Waals surface area contributed by atoms with E-state index >= 15 is 0 Å². The predicted molar refractivity (Wildman–Crippen MR) is 129 cm³/mol. The second-order valence-electron chi connectivity index (χ2n) is 8.57. The molecule has 0 spiro atoms. The minimum Gasteiger partial charge on any atom is -0.361 e. The Morgan fingerprint density at radius 1 is 1.30 bits per heavy atom. The van der Waals surface area contributed by atoms with Crippen molar-refractivity contribution < 1.29 is 9.53 Å². The zero-order chi connectivity index (χ0) is 20.0. The standard InChI is InChI=1S/C19H32N6O2Si.2ClH/c1-28(2,3)12-11-27-14-25-10-7-16-18(25)21-13-17(23-16)24-19(26)22-15-5-4-8-20-9-6-15;;/h7,10,13,15,20H,4-6,8-9,11-12,14H2,1-3H3,(H2,22,23,24,26);2*1H. The second kappa shape index (κ2) is 12.5. The second-order valence-corrected chi connectivity index (χ2v) is 14.2. The van der Waals surface area contributed by atoms with Crippen LogP contribution in [-0.4, -0.2) is 54.4 Å². The van der Waals surface area contributed by atoms with E-state index in [9.17, 15) is 4.79 Å². The van der Waals surface area contributed by atoms with Crippen molar-refractivity contribution in [2.24, 2.45) is 0 Å². The molecule has 1 unspecified atom stereocenters. The third-order valence-electron chi connectivity index (χ3n) is 4.84. The van der Waals surface area contributed by atoms with Gasteiger partial charge in [-0.1, -0.05) is 19.6 Å². The predicted octanol–water partition coefficient (Wildman–Crippen LogP) is 3.85. The maximum Gasteiger partial charge on any atom is 0.320 e. The molecule has 3 rings (SSSR count). The SMILES string of the molecule is C[Si](C)(C)CCOCn1ccc2nc(NC(=O)NC3CCCNCC3)cnc21.Cl.Cl. The van der Waals surface area contributed by atoms with Crippen LogP contribution >= 0.6 is 24.8 Å². The maximum absolute atomic E-state index is 12.3. The van der Waals surface area contributed by atoms with Crippen LogP contribution in [0.2, 0.25) is 25.7 Å². The number of nitrogens with one attached hydrogen (secondary N) is 3. The highest BCUT2D eigenvalue weighted by atomic mass is 35.5. The number of fused-ring (bicyclic) bond motifs is 1. The van der Waals surface area contributed by atoms with Crippen LogP contribution in [0.15, 0.2) is 18.5 Å². The van der Waals surface area contributed by atoms with Gasteiger partial charge in [0.15, 0.2) is 11.5 Å². The molecule has 0 saturated carbocycles. The quantitative estimate of drug-likeness (QED) is 0.416. The van der Waals surface area contributed by atoms with Crippen molar-refractivity contribution in [1.82, 2.24) is 25.2 Å². The summed E-state index contributed by atoms with van der Waals surface area (Å²) in [4.78, 5) is 21.2. The first-order valence-corrected chi connectivity index (χ1v) is 13.8. The molecular formula is C19H34Cl2N6O2Si. The molecule has 1 atom stereocenters. The number of carbonyl (C=O) groups excluding carboxylic acids is 1. The number of nitrogens with zero attached hydrogens (tertiary/aromatic N) is 3. The van der Waals surface area contributed by atoms with E-state index in [0.29, 0.717) is 12.5 Å². The van der Waals surface area contributed by atoms with Crippen molar-refractivity contribution in [3.8, 4) is 0 Å². The van der Waals surface area contributed by atoms with E-state index in [4.69, 9.17) is 4.74 Å². The van der Waals surface area contributed by atoms with Gasteiger partial charge in [0.1, 0.15) is 12.2 Å². The van der Waals surface area contributed by atoms with Crippen molar-refractivity contribution in [3.63, 3.8) is 0 Å². The van der Waals surface area contributed by atoms with E-state index in [1.165, 1.54) is 0 Å². The number of carbonyl (C=O) groups is 1. The Hall–Kier alpha value is -1.39. The Bertz CT molecular complexity index is 791. The molecule has 3 heterocycles. The van der Waals surface area contributed by atoms with Gasteiger partial charge in [0.2, 0.25) is 0 Å². The molecule has 0 aliphatic carbocycles. The molecule has 3 N–H and O–H groups in total. The van der Waals surface area contributed by atoms with E-state index in [1.54, 1.807) is 6.20 Å². The summed E-state index contributed by atoms with van der Waals surface area (Å²) in [5.74, 6) is 0.453. The fourth-order valence-corrected chi connectivity index (χ4v) is 3.92. The molecule has 170 valence electrons. The third kappa shape index (κ3) is 8.39. The summed E-state index contributed by atoms with van der Waals surface area (Å²) >= 11 is 0. The van der Waals surface area contributed by atoms with E-state index in [2.05, 4.69) is 45.6 Å². The van der Waals surface area contributed by atoms with Crippen LogP contribution in [0, 0.1) is 0 Å². The maximum atomic E-state index is 12.3. The number of hydrogen-bond acceptors (Lipinski definition) is 5. The Balaban J connectivity index is 0.00000225. The van der Waals surface area contributed by atoms with Crippen LogP contribution in [-0.2, 0) is 11.5 Å². The van der Waals surface area contributed by atoms with Crippen LogP contribution in [0.1, 0.15) is 19.3 Å². The van der Waals surface area contributed by atoms with Crippen LogP contribution < -0.4 is 16.0 Å². The van der Waals surface area contributed by atoms with Gasteiger partial charge in [-0.3, -0.25) is 5.32 Å². The molecule has 0 bridgehead atoms. The lowest BCUT2D eigenvalue weighted by atomic mass is 10.1. The Kier molecular flexibility index (Phi) is 11.1. The number of rotatable bonds is 7. The average molecular weight is 478 g/mol. The number of urea groups is 1. The summed E-state index contributed by atoms with van der Waals surface area (Å²) in [6.45, 7) is 10.2. The molecule has 30 heavy (non-hydrogen) atoms. The summed E-state index contributed by atoms with van der Waals surface area (Å²) in [5, 5.41) is 9.17. The number of halogens is 2. The first-order chi connectivity index (χ1) is 13.4. The fraction of sp³-hybridized carbons (Fsp3) is 0.632. The molecule has 8 nitrogen and oxygen atoms in total. The summed E-state index contributed by atoms with van der Waals surface area (Å²) in [5.41, 5.74) is 1.50. The summed E-state index contributed by atoms with van der Waals surface area (Å²) in [6.07, 6.45) is 6.52. The van der Waals surface area contributed by atoms with Crippen molar-refractivity contribution in [1.29, 1.82) is 0 Å². The molecule has 0 aromatic carbocycles. The van der Waals surface area contributed by atoms with Crippen molar-refractivity contribution >= 4 is 55.9 Å². The Morgan fingerprint density at radius 3 is 2.87 bits per heavy atom. The zero-order valence-corrected chi connectivity index (χ0v) is 20.6. The first-order valence-electron chi connectivity index (χ1n) is 10.1. The lowest BCUT2D eigenvalue weighted by molar-refractivity contribution is 0.0899. The van der Waals surface area contributed by atoms with E-state index < -0.39 is 8.07 Å². The molecule has 2 aromatic rings.